The maximum Gasteiger partial charge on any atom is 0.187 e. The van der Waals surface area contributed by atoms with Crippen molar-refractivity contribution >= 4 is 115 Å². The van der Waals surface area contributed by atoms with Gasteiger partial charge in [0.15, 0.2) is 12.6 Å². The first kappa shape index (κ1) is 28.9. The van der Waals surface area contributed by atoms with Gasteiger partial charge in [0.25, 0.3) is 0 Å². The molecule has 0 spiro atoms. The fourth-order valence-electron chi connectivity index (χ4n) is 2.50. The normalized spacial score (nSPS) is 44.5. The van der Waals surface area contributed by atoms with Gasteiger partial charge < -0.3 is 64.7 Å². The zero-order valence-electron chi connectivity index (χ0n) is 14.3. The fraction of sp³-hybridized carbons (Fsp3) is 0.833. The van der Waals surface area contributed by atoms with Gasteiger partial charge >= 0.3 is 0 Å². The molecule has 2 fully saturated rings. The molecule has 146 valence electrons. The topological polar surface area (TPSA) is 229 Å². The Morgan fingerprint density at radius 2 is 1.22 bits per heavy atom. The molecule has 27 heavy (non-hydrogen) atoms. The molecule has 2 unspecified atom stereocenters. The minimum Gasteiger partial charge on any atom is -0.547 e. The summed E-state index contributed by atoms with van der Waals surface area (Å²) in [4.78, 5) is 21.9. The summed E-state index contributed by atoms with van der Waals surface area (Å²) >= 11 is 0. The number of aliphatic carboxylic acids is 2. The average Bonchev–Trinajstić information content (AvgIpc) is 2.54. The smallest absolute Gasteiger partial charge is 0.187 e. The van der Waals surface area contributed by atoms with E-state index >= 15 is 0 Å². The van der Waals surface area contributed by atoms with E-state index < -0.39 is 73.4 Å². The third kappa shape index (κ3) is 6.42. The van der Waals surface area contributed by atoms with Crippen LogP contribution in [0.1, 0.15) is 0 Å². The number of aliphatic hydroxyl groups is 6. The molecule has 2 heterocycles. The van der Waals surface area contributed by atoms with Crippen LogP contribution in [0.2, 0.25) is 0 Å². The van der Waals surface area contributed by atoms with Gasteiger partial charge in [-0.05, 0) is 0 Å². The van der Waals surface area contributed by atoms with E-state index in [0.717, 1.165) is 0 Å². The molecule has 2 aliphatic rings. The first-order valence-corrected chi connectivity index (χ1v) is 7.02. The molecule has 0 amide bonds. The second kappa shape index (κ2) is 12.0. The average molecular weight is 446 g/mol. The Labute approximate surface area is 237 Å². The summed E-state index contributed by atoms with van der Waals surface area (Å²) in [6.45, 7) is 0. The van der Waals surface area contributed by atoms with E-state index in [2.05, 4.69) is 4.74 Å². The Morgan fingerprint density at radius 3 is 1.70 bits per heavy atom. The molecule has 13 nitrogen and oxygen atoms in total. The van der Waals surface area contributed by atoms with Gasteiger partial charge in [-0.1, -0.05) is 0 Å². The maximum absolute atomic E-state index is 11.1. The van der Waals surface area contributed by atoms with Crippen molar-refractivity contribution in [3.63, 3.8) is 0 Å². The largest absolute Gasteiger partial charge is 0.547 e. The molecule has 6 N–H and O–H groups in total. The number of carboxylic acids is 2. The minimum absolute atomic E-state index is 0. The molecular formula is C12H16K2O13-2. The molecular weight excluding hydrogens is 430 g/mol. The van der Waals surface area contributed by atoms with E-state index in [1.165, 1.54) is 0 Å². The Hall–Kier alpha value is 1.85. The number of hydrogen-bond donors (Lipinski definition) is 6. The van der Waals surface area contributed by atoms with Crippen LogP contribution in [0.5, 0.6) is 0 Å². The third-order valence-corrected chi connectivity index (χ3v) is 3.89. The number of rotatable bonds is 4. The summed E-state index contributed by atoms with van der Waals surface area (Å²) in [6, 6.07) is 0. The summed E-state index contributed by atoms with van der Waals surface area (Å²) in [5, 5.41) is 79.6. The van der Waals surface area contributed by atoms with Crippen molar-refractivity contribution in [1.29, 1.82) is 0 Å². The van der Waals surface area contributed by atoms with E-state index in [1.54, 1.807) is 0 Å². The van der Waals surface area contributed by atoms with Crippen LogP contribution in [0.25, 0.3) is 0 Å². The number of ether oxygens (including phenoxy) is 3. The molecule has 0 bridgehead atoms. The molecule has 2 rings (SSSR count). The van der Waals surface area contributed by atoms with Crippen molar-refractivity contribution in [3.8, 4) is 0 Å². The molecule has 2 radical (unpaired) electrons. The van der Waals surface area contributed by atoms with Crippen molar-refractivity contribution in [2.75, 3.05) is 0 Å². The summed E-state index contributed by atoms with van der Waals surface area (Å²) < 4.78 is 14.2. The van der Waals surface area contributed by atoms with Crippen molar-refractivity contribution in [3.05, 3.63) is 0 Å². The van der Waals surface area contributed by atoms with Crippen LogP contribution in [0, 0.1) is 0 Å². The zero-order chi connectivity index (χ0) is 19.0. The molecule has 0 aromatic carbocycles. The number of carbonyl (C=O) groups excluding carboxylic acids is 2. The van der Waals surface area contributed by atoms with Gasteiger partial charge in [-0.25, -0.2) is 0 Å². The van der Waals surface area contributed by atoms with Crippen molar-refractivity contribution < 1.29 is 64.7 Å². The van der Waals surface area contributed by atoms with Gasteiger partial charge in [-0.3, -0.25) is 0 Å². The SMILES string of the molecule is O=C([O-])C1O[C@@H](O[C@@H]2C(C(=O)[O-])O[C@@H](O)[C@@H](O)[C@H]2O)[C@@H](O)[C@@H](O)[C@@H]1O.[K].[K]. The van der Waals surface area contributed by atoms with E-state index in [-0.39, 0.29) is 103 Å². The van der Waals surface area contributed by atoms with E-state index in [4.69, 9.17) is 9.47 Å². The number of carboxylic acid groups (broad SMARTS) is 2. The van der Waals surface area contributed by atoms with Crippen LogP contribution >= 0.6 is 0 Å². The van der Waals surface area contributed by atoms with E-state index in [0.29, 0.717) is 0 Å². The molecule has 10 atom stereocenters. The molecule has 2 saturated heterocycles. The summed E-state index contributed by atoms with van der Waals surface area (Å²) in [7, 11) is 0. The number of carbonyl (C=O) groups is 2. The summed E-state index contributed by atoms with van der Waals surface area (Å²) in [5.41, 5.74) is 0. The molecule has 0 saturated carbocycles. The molecule has 0 aliphatic carbocycles. The summed E-state index contributed by atoms with van der Waals surface area (Å²) in [5.74, 6) is -3.92. The molecule has 15 heteroatoms. The van der Waals surface area contributed by atoms with E-state index in [9.17, 15) is 50.4 Å². The quantitative estimate of drug-likeness (QED) is 0.221. The Balaban J connectivity index is 0.00000338. The van der Waals surface area contributed by atoms with Gasteiger partial charge in [-0.2, -0.15) is 0 Å². The van der Waals surface area contributed by atoms with Crippen LogP contribution in [0.3, 0.4) is 0 Å². The Kier molecular flexibility index (Phi) is 12.9. The first-order valence-electron chi connectivity index (χ1n) is 7.02. The second-order valence-corrected chi connectivity index (χ2v) is 5.56. The monoisotopic (exact) mass is 446 g/mol. The van der Waals surface area contributed by atoms with Gasteiger partial charge in [0.2, 0.25) is 0 Å². The van der Waals surface area contributed by atoms with Crippen molar-refractivity contribution in [2.45, 2.75) is 61.4 Å². The van der Waals surface area contributed by atoms with Crippen LogP contribution in [-0.2, 0) is 23.8 Å². The van der Waals surface area contributed by atoms with Gasteiger partial charge in [0.05, 0.1) is 11.9 Å². The fourth-order valence-corrected chi connectivity index (χ4v) is 2.50. The Bertz CT molecular complexity index is 522. The van der Waals surface area contributed by atoms with Gasteiger partial charge in [0, 0.05) is 103 Å². The minimum atomic E-state index is -2.14. The predicted molar refractivity (Wildman–Crippen MR) is 76.0 cm³/mol. The van der Waals surface area contributed by atoms with E-state index in [1.807, 2.05) is 0 Å². The van der Waals surface area contributed by atoms with Crippen LogP contribution in [0.15, 0.2) is 0 Å². The maximum atomic E-state index is 11.1. The third-order valence-electron chi connectivity index (χ3n) is 3.89. The Morgan fingerprint density at radius 1 is 0.704 bits per heavy atom. The first-order chi connectivity index (χ1) is 11.6. The molecule has 2 aliphatic heterocycles. The van der Waals surface area contributed by atoms with Gasteiger partial charge in [-0.15, -0.1) is 0 Å². The standard InChI is InChI=1S/C12H18O13.2K/c13-1-2(14)7(9(18)19)25-12(5(1)17)24-6-3(15)4(16)11(22)23-8(6)10(20)21;;/h1-8,11-17,22H,(H,18,19)(H,20,21);;/p-2/t1-,2-,3+,4-,5-,6-,7?,8?,11+,12+;;/m0../s1. The number of hydrogen-bond acceptors (Lipinski definition) is 13. The van der Waals surface area contributed by atoms with Crippen molar-refractivity contribution in [1.82, 2.24) is 0 Å². The summed E-state index contributed by atoms with van der Waals surface area (Å²) in [6.07, 6.45) is -20.6. The predicted octanol–water partition coefficient (Wildman–Crippen LogP) is -8.64. The molecule has 0 aromatic heterocycles. The molecule has 0 aromatic rings. The zero-order valence-corrected chi connectivity index (χ0v) is 20.6. The second-order valence-electron chi connectivity index (χ2n) is 5.56. The van der Waals surface area contributed by atoms with Gasteiger partial charge in [0.1, 0.15) is 48.8 Å². The van der Waals surface area contributed by atoms with Crippen LogP contribution < -0.4 is 10.2 Å². The van der Waals surface area contributed by atoms with Crippen LogP contribution in [-0.4, -0.2) is 207 Å². The van der Waals surface area contributed by atoms with Crippen LogP contribution in [0.4, 0.5) is 0 Å². The number of aliphatic hydroxyl groups excluding tert-OH is 6. The van der Waals surface area contributed by atoms with Crippen molar-refractivity contribution in [2.24, 2.45) is 0 Å².